The van der Waals surface area contributed by atoms with E-state index in [-0.39, 0.29) is 36.9 Å². The summed E-state index contributed by atoms with van der Waals surface area (Å²) < 4.78 is 1.28. The quantitative estimate of drug-likeness (QED) is 0.417. The number of carbonyl (C=O) groups excluding carboxylic acids is 1. The fraction of sp³-hybridized carbons (Fsp3) is 0.208. The third-order valence-electron chi connectivity index (χ3n) is 5.57. The van der Waals surface area contributed by atoms with Crippen molar-refractivity contribution in [3.63, 3.8) is 0 Å². The first kappa shape index (κ1) is 21.2. The number of H-pyrrole nitrogens is 2. The summed E-state index contributed by atoms with van der Waals surface area (Å²) >= 11 is 0. The fourth-order valence-corrected chi connectivity index (χ4v) is 3.94. The van der Waals surface area contributed by atoms with Crippen molar-refractivity contribution in [2.75, 3.05) is 17.2 Å². The number of fused-ring (bicyclic) bond motifs is 1. The smallest absolute Gasteiger partial charge is 0.330 e. The van der Waals surface area contributed by atoms with Gasteiger partial charge in [0.2, 0.25) is 5.91 Å². The number of nitrogen functional groups attached to an aromatic ring is 1. The van der Waals surface area contributed by atoms with E-state index < -0.39 is 11.2 Å². The van der Waals surface area contributed by atoms with Crippen LogP contribution in [0.5, 0.6) is 0 Å². The van der Waals surface area contributed by atoms with Crippen molar-refractivity contribution >= 4 is 28.3 Å². The van der Waals surface area contributed by atoms with Gasteiger partial charge in [-0.2, -0.15) is 0 Å². The summed E-state index contributed by atoms with van der Waals surface area (Å²) in [6, 6.07) is 17.2. The first-order chi connectivity index (χ1) is 15.5. The van der Waals surface area contributed by atoms with Gasteiger partial charge in [-0.05, 0) is 30.5 Å². The van der Waals surface area contributed by atoms with Crippen LogP contribution in [0.3, 0.4) is 0 Å². The van der Waals surface area contributed by atoms with Crippen LogP contribution in [-0.4, -0.2) is 27.0 Å². The first-order valence-electron chi connectivity index (χ1n) is 10.5. The van der Waals surface area contributed by atoms with Crippen LogP contribution in [0.25, 0.3) is 10.9 Å². The molecule has 32 heavy (non-hydrogen) atoms. The molecule has 0 saturated carbocycles. The number of para-hydroxylation sites is 1. The van der Waals surface area contributed by atoms with Gasteiger partial charge in [0.15, 0.2) is 5.69 Å². The van der Waals surface area contributed by atoms with Crippen LogP contribution in [0.2, 0.25) is 0 Å². The average molecular weight is 431 g/mol. The Morgan fingerprint density at radius 1 is 1.06 bits per heavy atom. The van der Waals surface area contributed by atoms with Gasteiger partial charge in [-0.3, -0.25) is 19.1 Å². The van der Waals surface area contributed by atoms with Crippen molar-refractivity contribution in [2.45, 2.75) is 26.3 Å². The molecule has 0 aliphatic carbocycles. The van der Waals surface area contributed by atoms with Gasteiger partial charge in [0.25, 0.3) is 5.56 Å². The van der Waals surface area contributed by atoms with Crippen LogP contribution in [-0.2, 0) is 17.8 Å². The lowest BCUT2D eigenvalue weighted by atomic mass is 10.1. The molecule has 0 spiro atoms. The van der Waals surface area contributed by atoms with Crippen LogP contribution in [0.1, 0.15) is 24.5 Å². The van der Waals surface area contributed by atoms with Gasteiger partial charge in [-0.15, -0.1) is 0 Å². The molecule has 8 heteroatoms. The number of rotatable bonds is 7. The zero-order chi connectivity index (χ0) is 22.7. The Labute approximate surface area is 184 Å². The van der Waals surface area contributed by atoms with Crippen molar-refractivity contribution in [3.8, 4) is 0 Å². The SMILES string of the molecule is CCN(C(=O)CCc1c[nH]c2ccccc12)c1c(N)n(Cc2ccccc2)c(=O)[nH]c1=O. The molecule has 2 heterocycles. The van der Waals surface area contributed by atoms with Gasteiger partial charge in [0.05, 0.1) is 6.54 Å². The van der Waals surface area contributed by atoms with E-state index in [4.69, 9.17) is 5.73 Å². The molecular weight excluding hydrogens is 406 g/mol. The number of anilines is 2. The number of nitrogens with zero attached hydrogens (tertiary/aromatic N) is 2. The number of carbonyl (C=O) groups is 1. The molecule has 0 saturated heterocycles. The van der Waals surface area contributed by atoms with E-state index in [1.165, 1.54) is 9.47 Å². The topological polar surface area (TPSA) is 117 Å². The zero-order valence-electron chi connectivity index (χ0n) is 17.8. The lowest BCUT2D eigenvalue weighted by molar-refractivity contribution is -0.118. The van der Waals surface area contributed by atoms with E-state index in [1.807, 2.05) is 60.8 Å². The number of aromatic nitrogens is 3. The van der Waals surface area contributed by atoms with Crippen molar-refractivity contribution < 1.29 is 4.79 Å². The van der Waals surface area contributed by atoms with E-state index in [0.717, 1.165) is 22.0 Å². The Morgan fingerprint density at radius 3 is 2.53 bits per heavy atom. The Bertz CT molecular complexity index is 1370. The minimum Gasteiger partial charge on any atom is -0.383 e. The molecule has 0 aliphatic heterocycles. The molecule has 2 aromatic carbocycles. The number of nitrogens with one attached hydrogen (secondary N) is 2. The second kappa shape index (κ2) is 8.97. The summed E-state index contributed by atoms with van der Waals surface area (Å²) in [4.78, 5) is 45.0. The fourth-order valence-electron chi connectivity index (χ4n) is 3.94. The lowest BCUT2D eigenvalue weighted by Gasteiger charge is -2.23. The highest BCUT2D eigenvalue weighted by Crippen LogP contribution is 2.22. The van der Waals surface area contributed by atoms with Crippen LogP contribution >= 0.6 is 0 Å². The maximum absolute atomic E-state index is 13.1. The monoisotopic (exact) mass is 431 g/mol. The molecule has 0 atom stereocenters. The summed E-state index contributed by atoms with van der Waals surface area (Å²) in [6.45, 7) is 2.22. The summed E-state index contributed by atoms with van der Waals surface area (Å²) in [5, 5.41) is 1.07. The third kappa shape index (κ3) is 4.07. The first-order valence-corrected chi connectivity index (χ1v) is 10.5. The summed E-state index contributed by atoms with van der Waals surface area (Å²) in [7, 11) is 0. The number of amides is 1. The van der Waals surface area contributed by atoms with Gasteiger partial charge < -0.3 is 15.6 Å². The molecule has 8 nitrogen and oxygen atoms in total. The van der Waals surface area contributed by atoms with Crippen molar-refractivity contribution in [1.29, 1.82) is 0 Å². The van der Waals surface area contributed by atoms with Gasteiger partial charge in [-0.1, -0.05) is 48.5 Å². The minimum atomic E-state index is -0.667. The Balaban J connectivity index is 1.61. The molecule has 0 radical (unpaired) electrons. The van der Waals surface area contributed by atoms with Gasteiger partial charge in [0.1, 0.15) is 5.82 Å². The van der Waals surface area contributed by atoms with E-state index >= 15 is 0 Å². The van der Waals surface area contributed by atoms with Gasteiger partial charge in [0, 0.05) is 30.1 Å². The normalized spacial score (nSPS) is 11.0. The third-order valence-corrected chi connectivity index (χ3v) is 5.57. The van der Waals surface area contributed by atoms with Crippen molar-refractivity contribution in [1.82, 2.24) is 14.5 Å². The Morgan fingerprint density at radius 2 is 1.78 bits per heavy atom. The van der Waals surface area contributed by atoms with Crippen LogP contribution < -0.4 is 21.9 Å². The highest BCUT2D eigenvalue weighted by atomic mass is 16.2. The van der Waals surface area contributed by atoms with E-state index in [0.29, 0.717) is 6.42 Å². The predicted octanol–water partition coefficient (Wildman–Crippen LogP) is 2.63. The number of hydrogen-bond donors (Lipinski definition) is 3. The Hall–Kier alpha value is -4.07. The number of nitrogens with two attached hydrogens (primary N) is 1. The van der Waals surface area contributed by atoms with Crippen LogP contribution in [0.4, 0.5) is 11.5 Å². The summed E-state index contributed by atoms with van der Waals surface area (Å²) in [5.74, 6) is -0.259. The number of benzene rings is 2. The summed E-state index contributed by atoms with van der Waals surface area (Å²) in [6.07, 6.45) is 2.61. The van der Waals surface area contributed by atoms with Crippen LogP contribution in [0.15, 0.2) is 70.4 Å². The second-order valence-corrected chi connectivity index (χ2v) is 7.56. The second-order valence-electron chi connectivity index (χ2n) is 7.56. The molecule has 4 N–H and O–H groups in total. The van der Waals surface area contributed by atoms with Crippen molar-refractivity contribution in [2.24, 2.45) is 0 Å². The molecule has 0 fully saturated rings. The number of hydrogen-bond acceptors (Lipinski definition) is 4. The summed E-state index contributed by atoms with van der Waals surface area (Å²) in [5.41, 5.74) is 7.88. The largest absolute Gasteiger partial charge is 0.383 e. The standard InChI is InChI=1S/C24H25N5O3/c1-2-28(20(30)13-12-17-14-26-19-11-7-6-10-18(17)19)21-22(25)29(24(32)27-23(21)31)15-16-8-4-3-5-9-16/h3-11,14,26H,2,12-13,15,25H2,1H3,(H,27,31,32). The minimum absolute atomic E-state index is 0.00644. The molecule has 164 valence electrons. The van der Waals surface area contributed by atoms with E-state index in [1.54, 1.807) is 6.92 Å². The lowest BCUT2D eigenvalue weighted by Crippen LogP contribution is -2.41. The molecule has 0 aliphatic rings. The molecule has 2 aromatic heterocycles. The molecule has 1 amide bonds. The Kier molecular flexibility index (Phi) is 5.93. The number of aryl methyl sites for hydroxylation is 1. The van der Waals surface area contributed by atoms with Crippen LogP contribution in [0, 0.1) is 0 Å². The molecule has 4 aromatic rings. The number of aromatic amines is 2. The van der Waals surface area contributed by atoms with Gasteiger partial charge in [-0.25, -0.2) is 4.79 Å². The molecular formula is C24H25N5O3. The van der Waals surface area contributed by atoms with Crippen molar-refractivity contribution in [3.05, 3.63) is 92.8 Å². The predicted molar refractivity (Wildman–Crippen MR) is 126 cm³/mol. The van der Waals surface area contributed by atoms with E-state index in [9.17, 15) is 14.4 Å². The van der Waals surface area contributed by atoms with E-state index in [2.05, 4.69) is 9.97 Å². The highest BCUT2D eigenvalue weighted by molar-refractivity contribution is 5.96. The maximum Gasteiger partial charge on any atom is 0.330 e. The van der Waals surface area contributed by atoms with Gasteiger partial charge >= 0.3 is 5.69 Å². The highest BCUT2D eigenvalue weighted by Gasteiger charge is 2.23. The molecule has 4 rings (SSSR count). The molecule has 0 bridgehead atoms. The molecule has 0 unspecified atom stereocenters. The zero-order valence-corrected chi connectivity index (χ0v) is 17.8. The average Bonchev–Trinajstić information content (AvgIpc) is 3.21. The maximum atomic E-state index is 13.1.